The van der Waals surface area contributed by atoms with Crippen LogP contribution in [0.5, 0.6) is 5.75 Å². The Balaban J connectivity index is 1.76. The maximum atomic E-state index is 12.7. The molecule has 0 atom stereocenters. The Morgan fingerprint density at radius 2 is 2.00 bits per heavy atom. The number of rotatable bonds is 6. The Labute approximate surface area is 156 Å². The first-order chi connectivity index (χ1) is 12.6. The summed E-state index contributed by atoms with van der Waals surface area (Å²) in [5.74, 6) is 2.06. The van der Waals surface area contributed by atoms with E-state index in [1.165, 1.54) is 0 Å². The number of anilines is 1. The van der Waals surface area contributed by atoms with Gasteiger partial charge in [0.05, 0.1) is 18.4 Å². The molecule has 0 radical (unpaired) electrons. The quantitative estimate of drug-likeness (QED) is 0.631. The lowest BCUT2D eigenvalue weighted by atomic mass is 10.2. The van der Waals surface area contributed by atoms with Gasteiger partial charge in [-0.15, -0.1) is 11.8 Å². The number of methoxy groups -OCH3 is 1. The standard InChI is InChI=1S/C20H20N2O3S/c1-13-18(14(2)25-22-13)12-26-19-10-5-4-9-17(19)20(23)21-15-7-6-8-16(11-15)24-3/h4-11H,12H2,1-3H3,(H,21,23). The molecule has 0 bridgehead atoms. The highest BCUT2D eigenvalue weighted by Crippen LogP contribution is 2.29. The molecule has 0 aliphatic carbocycles. The topological polar surface area (TPSA) is 64.4 Å². The van der Waals surface area contributed by atoms with Crippen LogP contribution in [0.3, 0.4) is 0 Å². The van der Waals surface area contributed by atoms with Crippen molar-refractivity contribution in [3.05, 3.63) is 71.1 Å². The average Bonchev–Trinajstić information content (AvgIpc) is 2.98. The van der Waals surface area contributed by atoms with Crippen LogP contribution in [-0.2, 0) is 5.75 Å². The Morgan fingerprint density at radius 1 is 1.19 bits per heavy atom. The molecule has 5 nitrogen and oxygen atoms in total. The molecule has 1 amide bonds. The summed E-state index contributed by atoms with van der Waals surface area (Å²) < 4.78 is 10.4. The van der Waals surface area contributed by atoms with Crippen molar-refractivity contribution in [2.75, 3.05) is 12.4 Å². The molecule has 1 aromatic heterocycles. The summed E-state index contributed by atoms with van der Waals surface area (Å²) in [5.41, 5.74) is 3.28. The minimum Gasteiger partial charge on any atom is -0.497 e. The lowest BCUT2D eigenvalue weighted by Gasteiger charge is -2.10. The van der Waals surface area contributed by atoms with Crippen molar-refractivity contribution >= 4 is 23.4 Å². The molecule has 0 saturated carbocycles. The number of carbonyl (C=O) groups excluding carboxylic acids is 1. The number of aromatic nitrogens is 1. The van der Waals surface area contributed by atoms with Crippen LogP contribution in [0.2, 0.25) is 0 Å². The molecule has 0 spiro atoms. The first-order valence-corrected chi connectivity index (χ1v) is 9.16. The van der Waals surface area contributed by atoms with Crippen molar-refractivity contribution in [1.29, 1.82) is 0 Å². The summed E-state index contributed by atoms with van der Waals surface area (Å²) in [6, 6.07) is 14.9. The number of thioether (sulfide) groups is 1. The number of amides is 1. The van der Waals surface area contributed by atoms with Gasteiger partial charge in [-0.2, -0.15) is 0 Å². The van der Waals surface area contributed by atoms with E-state index in [-0.39, 0.29) is 5.91 Å². The number of hydrogen-bond donors (Lipinski definition) is 1. The summed E-state index contributed by atoms with van der Waals surface area (Å²) in [6.07, 6.45) is 0. The van der Waals surface area contributed by atoms with Crippen molar-refractivity contribution in [3.8, 4) is 5.75 Å². The summed E-state index contributed by atoms with van der Waals surface area (Å²) in [6.45, 7) is 3.82. The predicted molar refractivity (Wildman–Crippen MR) is 103 cm³/mol. The predicted octanol–water partition coefficient (Wildman–Crippen LogP) is 4.84. The van der Waals surface area contributed by atoms with E-state index in [1.54, 1.807) is 24.9 Å². The SMILES string of the molecule is COc1cccc(NC(=O)c2ccccc2SCc2c(C)noc2C)c1. The highest BCUT2D eigenvalue weighted by Gasteiger charge is 2.14. The third-order valence-corrected chi connectivity index (χ3v) is 5.11. The van der Waals surface area contributed by atoms with E-state index in [2.05, 4.69) is 10.5 Å². The molecule has 0 aliphatic rings. The number of nitrogens with one attached hydrogen (secondary N) is 1. The zero-order chi connectivity index (χ0) is 18.5. The van der Waals surface area contributed by atoms with Crippen molar-refractivity contribution in [2.24, 2.45) is 0 Å². The van der Waals surface area contributed by atoms with E-state index >= 15 is 0 Å². The lowest BCUT2D eigenvalue weighted by Crippen LogP contribution is -2.13. The van der Waals surface area contributed by atoms with Gasteiger partial charge in [0, 0.05) is 28.0 Å². The van der Waals surface area contributed by atoms with Gasteiger partial charge >= 0.3 is 0 Å². The fourth-order valence-corrected chi connectivity index (χ4v) is 3.74. The Kier molecular flexibility index (Phi) is 5.63. The lowest BCUT2D eigenvalue weighted by molar-refractivity contribution is 0.102. The molecule has 6 heteroatoms. The zero-order valence-electron chi connectivity index (χ0n) is 14.9. The van der Waals surface area contributed by atoms with Crippen LogP contribution in [0.25, 0.3) is 0 Å². The van der Waals surface area contributed by atoms with E-state index in [4.69, 9.17) is 9.26 Å². The van der Waals surface area contributed by atoms with Gasteiger partial charge in [0.2, 0.25) is 0 Å². The highest BCUT2D eigenvalue weighted by molar-refractivity contribution is 7.98. The number of ether oxygens (including phenoxy) is 1. The zero-order valence-corrected chi connectivity index (χ0v) is 15.7. The van der Waals surface area contributed by atoms with Gasteiger partial charge in [-0.25, -0.2) is 0 Å². The molecule has 2 aromatic carbocycles. The number of benzene rings is 2. The molecule has 1 N–H and O–H groups in total. The normalized spacial score (nSPS) is 10.6. The average molecular weight is 368 g/mol. The molecule has 0 unspecified atom stereocenters. The number of hydrogen-bond acceptors (Lipinski definition) is 5. The number of aryl methyl sites for hydroxylation is 2. The first kappa shape index (κ1) is 18.1. The molecule has 3 aromatic rings. The van der Waals surface area contributed by atoms with E-state index < -0.39 is 0 Å². The molecular formula is C20H20N2O3S. The minimum absolute atomic E-state index is 0.153. The summed E-state index contributed by atoms with van der Waals surface area (Å²) in [4.78, 5) is 13.6. The third kappa shape index (κ3) is 4.08. The summed E-state index contributed by atoms with van der Waals surface area (Å²) in [5, 5.41) is 6.90. The second-order valence-corrected chi connectivity index (χ2v) is 6.79. The maximum Gasteiger partial charge on any atom is 0.256 e. The molecule has 26 heavy (non-hydrogen) atoms. The highest BCUT2D eigenvalue weighted by atomic mass is 32.2. The van der Waals surface area contributed by atoms with Crippen LogP contribution >= 0.6 is 11.8 Å². The van der Waals surface area contributed by atoms with Crippen LogP contribution in [0, 0.1) is 13.8 Å². The molecule has 3 rings (SSSR count). The molecule has 0 fully saturated rings. The molecular weight excluding hydrogens is 348 g/mol. The van der Waals surface area contributed by atoms with E-state index in [1.807, 2.05) is 56.3 Å². The van der Waals surface area contributed by atoms with Crippen LogP contribution in [-0.4, -0.2) is 18.2 Å². The van der Waals surface area contributed by atoms with Gasteiger partial charge in [0.1, 0.15) is 11.5 Å². The number of nitrogens with zero attached hydrogens (tertiary/aromatic N) is 1. The van der Waals surface area contributed by atoms with E-state index in [9.17, 15) is 4.79 Å². The van der Waals surface area contributed by atoms with Crippen molar-refractivity contribution < 1.29 is 14.1 Å². The summed E-state index contributed by atoms with van der Waals surface area (Å²) in [7, 11) is 1.60. The van der Waals surface area contributed by atoms with Crippen molar-refractivity contribution in [3.63, 3.8) is 0 Å². The largest absolute Gasteiger partial charge is 0.497 e. The summed E-state index contributed by atoms with van der Waals surface area (Å²) >= 11 is 1.59. The Bertz CT molecular complexity index is 901. The Hall–Kier alpha value is -2.73. The van der Waals surface area contributed by atoms with E-state index in [0.29, 0.717) is 22.8 Å². The second-order valence-electron chi connectivity index (χ2n) is 5.77. The van der Waals surface area contributed by atoms with Gasteiger partial charge in [-0.1, -0.05) is 23.4 Å². The van der Waals surface area contributed by atoms with Gasteiger partial charge in [0.15, 0.2) is 0 Å². The van der Waals surface area contributed by atoms with Crippen LogP contribution in [0.1, 0.15) is 27.4 Å². The number of carbonyl (C=O) groups is 1. The maximum absolute atomic E-state index is 12.7. The smallest absolute Gasteiger partial charge is 0.256 e. The third-order valence-electron chi connectivity index (χ3n) is 4.01. The van der Waals surface area contributed by atoms with E-state index in [0.717, 1.165) is 21.9 Å². The molecule has 134 valence electrons. The van der Waals surface area contributed by atoms with Crippen LogP contribution in [0.15, 0.2) is 57.9 Å². The van der Waals surface area contributed by atoms with Gasteiger partial charge in [-0.3, -0.25) is 4.79 Å². The fourth-order valence-electron chi connectivity index (χ4n) is 2.54. The van der Waals surface area contributed by atoms with Crippen molar-refractivity contribution in [2.45, 2.75) is 24.5 Å². The molecule has 0 saturated heterocycles. The molecule has 0 aliphatic heterocycles. The first-order valence-electron chi connectivity index (χ1n) is 8.17. The van der Waals surface area contributed by atoms with Crippen molar-refractivity contribution in [1.82, 2.24) is 5.16 Å². The Morgan fingerprint density at radius 3 is 2.73 bits per heavy atom. The van der Waals surface area contributed by atoms with Crippen LogP contribution in [0.4, 0.5) is 5.69 Å². The van der Waals surface area contributed by atoms with Crippen LogP contribution < -0.4 is 10.1 Å². The fraction of sp³-hybridized carbons (Fsp3) is 0.200. The monoisotopic (exact) mass is 368 g/mol. The van der Waals surface area contributed by atoms with Gasteiger partial charge in [-0.05, 0) is 38.1 Å². The van der Waals surface area contributed by atoms with Gasteiger partial charge in [0.25, 0.3) is 5.91 Å². The molecule has 1 heterocycles. The van der Waals surface area contributed by atoms with Gasteiger partial charge < -0.3 is 14.6 Å². The minimum atomic E-state index is -0.153. The second kappa shape index (κ2) is 8.10.